The van der Waals surface area contributed by atoms with Crippen LogP contribution in [0, 0.1) is 23.7 Å². The molecule has 3 saturated carbocycles. The molecule has 28 nitrogen and oxygen atoms in total. The lowest BCUT2D eigenvalue weighted by Gasteiger charge is -2.33. The summed E-state index contributed by atoms with van der Waals surface area (Å²) in [4.78, 5) is 164. The van der Waals surface area contributed by atoms with Crippen molar-refractivity contribution in [2.24, 2.45) is 40.9 Å². The number of benzene rings is 2. The fourth-order valence-corrected chi connectivity index (χ4v) is 14.7. The fourth-order valence-electron chi connectivity index (χ4n) is 14.7. The number of hydrogen-bond donors (Lipinski definition) is 16. The van der Waals surface area contributed by atoms with Crippen LogP contribution in [-0.2, 0) is 70.4 Å². The third kappa shape index (κ3) is 29.8. The Morgan fingerprint density at radius 1 is 0.441 bits per heavy atom. The second-order valence-corrected chi connectivity index (χ2v) is 28.8. The zero-order valence-corrected chi connectivity index (χ0v) is 59.5. The molecule has 564 valence electrons. The molecule has 3 fully saturated rings. The van der Waals surface area contributed by atoms with E-state index in [1.54, 1.807) is 0 Å². The summed E-state index contributed by atoms with van der Waals surface area (Å²) in [5, 5.41) is 56.3. The Balaban J connectivity index is 1.09. The van der Waals surface area contributed by atoms with E-state index >= 15 is 0 Å². The molecule has 0 spiro atoms. The monoisotopic (exact) mass is 1420 g/mol. The van der Waals surface area contributed by atoms with Gasteiger partial charge in [-0.2, -0.15) is 0 Å². The van der Waals surface area contributed by atoms with Gasteiger partial charge in [0.15, 0.2) is 0 Å². The third-order valence-corrected chi connectivity index (χ3v) is 19.7. The van der Waals surface area contributed by atoms with Crippen LogP contribution >= 0.6 is 0 Å². The molecule has 28 heteroatoms. The Hall–Kier alpha value is -8.50. The summed E-state index contributed by atoms with van der Waals surface area (Å²) in [7, 11) is 0. The summed E-state index contributed by atoms with van der Waals surface area (Å²) in [6.07, 6.45) is 9.77. The summed E-state index contributed by atoms with van der Waals surface area (Å²) in [6.45, 7) is 4.65. The molecule has 1 aromatic heterocycles. The molecule has 19 N–H and O–H groups in total. The van der Waals surface area contributed by atoms with Gasteiger partial charge >= 0.3 is 17.9 Å². The van der Waals surface area contributed by atoms with Gasteiger partial charge in [0.25, 0.3) is 0 Å². The number of carbonyl (C=O) groups is 12. The number of carboxylic acids is 3. The Labute approximate surface area is 598 Å². The van der Waals surface area contributed by atoms with Crippen LogP contribution in [0.2, 0.25) is 0 Å². The van der Waals surface area contributed by atoms with Gasteiger partial charge in [-0.05, 0) is 133 Å². The molecule has 2 aromatic carbocycles. The van der Waals surface area contributed by atoms with Crippen molar-refractivity contribution >= 4 is 82.0 Å². The van der Waals surface area contributed by atoms with Gasteiger partial charge in [0, 0.05) is 129 Å². The van der Waals surface area contributed by atoms with E-state index in [4.69, 9.17) is 17.2 Å². The van der Waals surface area contributed by atoms with E-state index < -0.39 is 132 Å². The van der Waals surface area contributed by atoms with Crippen molar-refractivity contribution in [2.45, 2.75) is 267 Å². The summed E-state index contributed by atoms with van der Waals surface area (Å²) in [6, 6.07) is 10.0. The number of carboxylic acid groups (broad SMARTS) is 3. The molecule has 0 aliphatic heterocycles. The minimum Gasteiger partial charge on any atom is -0.481 e. The van der Waals surface area contributed by atoms with Gasteiger partial charge < -0.3 is 85.4 Å². The predicted molar refractivity (Wildman–Crippen MR) is 383 cm³/mol. The number of aromatic nitrogens is 1. The second-order valence-electron chi connectivity index (χ2n) is 28.8. The second kappa shape index (κ2) is 43.5. The van der Waals surface area contributed by atoms with Gasteiger partial charge in [0.2, 0.25) is 53.2 Å². The largest absolute Gasteiger partial charge is 0.481 e. The molecule has 0 saturated heterocycles. The van der Waals surface area contributed by atoms with Crippen LogP contribution in [0.3, 0.4) is 0 Å². The number of aliphatic carboxylic acids is 3. The average Bonchev–Trinajstić information content (AvgIpc) is 1.78. The van der Waals surface area contributed by atoms with Crippen LogP contribution in [0.4, 0.5) is 0 Å². The average molecular weight is 1420 g/mol. The quantitative estimate of drug-likeness (QED) is 0.0375. The topological polar surface area (TPSA) is 468 Å². The van der Waals surface area contributed by atoms with Crippen LogP contribution in [0.1, 0.15) is 205 Å². The first kappa shape index (κ1) is 82.5. The minimum atomic E-state index is -1.21. The van der Waals surface area contributed by atoms with E-state index in [9.17, 15) is 72.9 Å². The molecule has 9 amide bonds. The fraction of sp³-hybridized carbons (Fsp3) is 0.649. The van der Waals surface area contributed by atoms with Gasteiger partial charge in [-0.1, -0.05) is 101 Å². The van der Waals surface area contributed by atoms with E-state index in [0.29, 0.717) is 96.4 Å². The predicted octanol–water partition coefficient (Wildman–Crippen LogP) is 4.28. The Bertz CT molecular complexity index is 3240. The van der Waals surface area contributed by atoms with E-state index in [0.717, 1.165) is 41.3 Å². The zero-order valence-electron chi connectivity index (χ0n) is 59.5. The van der Waals surface area contributed by atoms with Crippen molar-refractivity contribution < 1.29 is 72.9 Å². The first-order chi connectivity index (χ1) is 48.8. The number of amides is 9. The van der Waals surface area contributed by atoms with Crippen LogP contribution in [0.25, 0.3) is 10.9 Å². The number of nitrogens with one attached hydrogen (secondary N) is 10. The molecular formula is C74H113N13O15. The number of para-hydroxylation sites is 1. The molecule has 0 bridgehead atoms. The van der Waals surface area contributed by atoms with Gasteiger partial charge in [-0.3, -0.25) is 57.5 Å². The molecule has 0 radical (unpaired) electrons. The summed E-state index contributed by atoms with van der Waals surface area (Å²) in [5.41, 5.74) is 20.3. The number of H-pyrrole nitrogens is 1. The maximum Gasteiger partial charge on any atom is 0.305 e. The SMILES string of the molecule is CC(C)C[C@@H](CC(=O)N[C@@H](CCC(=O)O)CC(=O)N[C@H]1CCCC[C@@H]1C(=O)N[C@H](CC(=O)N[C@@H](CCCN)CC(=O)N[C@H]1CCCC[C@@H]1C(=O)N[C@H](CC(=O)N[C@@H](CCC(=O)O)CC(=O)O)Cc1ccccc1)Cc1c[nH]c2ccccc12)NC(=O)[C@H]1CCCC[C@@H]1NC(=O)C[C@@H](N)CCCN. The normalized spacial score (nSPS) is 20.3. The van der Waals surface area contributed by atoms with Crippen LogP contribution in [0.15, 0.2) is 60.8 Å². The van der Waals surface area contributed by atoms with Gasteiger partial charge in [0.1, 0.15) is 0 Å². The van der Waals surface area contributed by atoms with E-state index in [2.05, 4.69) is 52.8 Å². The van der Waals surface area contributed by atoms with Gasteiger partial charge in [-0.25, -0.2) is 0 Å². The highest BCUT2D eigenvalue weighted by Crippen LogP contribution is 2.30. The van der Waals surface area contributed by atoms with Crippen molar-refractivity contribution in [3.63, 3.8) is 0 Å². The number of hydrogen-bond acceptors (Lipinski definition) is 15. The van der Waals surface area contributed by atoms with Crippen LogP contribution in [-0.4, -0.2) is 165 Å². The first-order valence-corrected chi connectivity index (χ1v) is 36.9. The lowest BCUT2D eigenvalue weighted by molar-refractivity contribution is -0.140. The molecule has 13 atom stereocenters. The number of carbonyl (C=O) groups excluding carboxylic acids is 9. The standard InChI is InChI=1S/C74H113N13O15/c1-45(2)34-52(82-72(100)56-21-7-11-25-60(56)85-63(88)37-48(77)18-14-32-75)40-64(89)80-50(28-30-69(94)95)39-68(93)87-62-27-13-9-23-58(62)74(102)84-54(36-47-44-78-59-24-10-6-20-55(47)59)42-66(91)79-49(19-15-33-76)38-67(92)86-61-26-12-8-22-57(61)73(101)83-53(35-46-16-4-3-5-17-46)41-65(90)81-51(43-71(98)99)29-31-70(96)97/h3-6,10,16-17,20,24,44-45,48-54,56-58,60-62,78H,7-9,11-15,18-19,21-23,25-43,75-77H2,1-2H3,(H,79,91)(H,80,89)(H,81,90)(H,82,100)(H,83,101)(H,84,102)(H,85,88)(H,86,92)(H,87,93)(H,94,95)(H,96,97)(H,98,99)/t48-,49-,50-,51-,52-,53-,54-,56-,57-,58-,60-,61-,62-/m0/s1. The van der Waals surface area contributed by atoms with Crippen LogP contribution < -0.4 is 65.1 Å². The number of nitrogens with two attached hydrogens (primary N) is 3. The molecule has 3 aromatic rings. The highest BCUT2D eigenvalue weighted by atomic mass is 16.4. The molecule has 1 heterocycles. The van der Waals surface area contributed by atoms with Crippen LogP contribution in [0.5, 0.6) is 0 Å². The lowest BCUT2D eigenvalue weighted by Crippen LogP contribution is -2.53. The first-order valence-electron chi connectivity index (χ1n) is 36.9. The van der Waals surface area contributed by atoms with E-state index in [1.807, 2.05) is 74.6 Å². The van der Waals surface area contributed by atoms with Crippen molar-refractivity contribution in [1.29, 1.82) is 0 Å². The number of rotatable bonds is 44. The zero-order chi connectivity index (χ0) is 74.1. The Kier molecular flexibility index (Phi) is 35.1. The maximum absolute atomic E-state index is 14.8. The summed E-state index contributed by atoms with van der Waals surface area (Å²) in [5.74, 6) is -9.12. The van der Waals surface area contributed by atoms with Crippen molar-refractivity contribution in [2.75, 3.05) is 13.1 Å². The number of aromatic amines is 1. The highest BCUT2D eigenvalue weighted by Gasteiger charge is 2.38. The highest BCUT2D eigenvalue weighted by molar-refractivity contribution is 5.88. The molecule has 102 heavy (non-hydrogen) atoms. The molecule has 0 unspecified atom stereocenters. The Morgan fingerprint density at radius 3 is 1.31 bits per heavy atom. The lowest BCUT2D eigenvalue weighted by atomic mass is 9.83. The van der Waals surface area contributed by atoms with Gasteiger partial charge in [-0.15, -0.1) is 0 Å². The van der Waals surface area contributed by atoms with Crippen molar-refractivity contribution in [3.05, 3.63) is 71.9 Å². The molecule has 3 aliphatic rings. The molecule has 3 aliphatic carbocycles. The van der Waals surface area contributed by atoms with Gasteiger partial charge in [0.05, 0.1) is 24.2 Å². The van der Waals surface area contributed by atoms with E-state index in [-0.39, 0.29) is 113 Å². The Morgan fingerprint density at radius 2 is 0.843 bits per heavy atom. The number of fused-ring (bicyclic) bond motifs is 1. The maximum atomic E-state index is 14.8. The minimum absolute atomic E-state index is 0.0645. The van der Waals surface area contributed by atoms with Crippen molar-refractivity contribution in [1.82, 2.24) is 52.8 Å². The summed E-state index contributed by atoms with van der Waals surface area (Å²) >= 11 is 0. The molecule has 6 rings (SSSR count). The summed E-state index contributed by atoms with van der Waals surface area (Å²) < 4.78 is 0. The van der Waals surface area contributed by atoms with E-state index in [1.165, 1.54) is 0 Å². The van der Waals surface area contributed by atoms with Crippen molar-refractivity contribution in [3.8, 4) is 0 Å². The third-order valence-electron chi connectivity index (χ3n) is 19.7. The molecular weight excluding hydrogens is 1310 g/mol. The smallest absolute Gasteiger partial charge is 0.305 e.